The first-order chi connectivity index (χ1) is 12.2. The Bertz CT molecular complexity index is 1160. The molecule has 2 aromatic carbocycles. The Balaban J connectivity index is 2.13. The van der Waals surface area contributed by atoms with Crippen LogP contribution in [0.15, 0.2) is 51.8 Å². The highest BCUT2D eigenvalue weighted by Crippen LogP contribution is 2.33. The number of primary amides is 1. The summed E-state index contributed by atoms with van der Waals surface area (Å²) in [6.07, 6.45) is 0. The molecule has 3 rings (SSSR count). The molecule has 0 unspecified atom stereocenters. The Morgan fingerprint density at radius 2 is 1.92 bits per heavy atom. The third-order valence-electron chi connectivity index (χ3n) is 3.48. The largest absolute Gasteiger partial charge is 0.449 e. The second-order valence-electron chi connectivity index (χ2n) is 5.14. The molecule has 1 heterocycles. The molecule has 1 aromatic heterocycles. The number of nitrogens with one attached hydrogen (secondary N) is 1. The highest BCUT2D eigenvalue weighted by molar-refractivity contribution is 7.92. The summed E-state index contributed by atoms with van der Waals surface area (Å²) in [4.78, 5) is 21.3. The van der Waals surface area contributed by atoms with Crippen molar-refractivity contribution in [2.24, 2.45) is 5.73 Å². The van der Waals surface area contributed by atoms with Gasteiger partial charge in [-0.3, -0.25) is 19.6 Å². The highest BCUT2D eigenvalue weighted by atomic mass is 35.5. The number of nitro benzene ring substituents is 1. The molecule has 134 valence electrons. The van der Waals surface area contributed by atoms with Crippen LogP contribution in [-0.4, -0.2) is 19.2 Å². The van der Waals surface area contributed by atoms with Gasteiger partial charge in [0.15, 0.2) is 0 Å². The van der Waals surface area contributed by atoms with Crippen molar-refractivity contribution < 1.29 is 22.6 Å². The predicted octanol–water partition coefficient (Wildman–Crippen LogP) is 2.89. The number of furan rings is 1. The number of amides is 1. The number of nitro groups is 1. The molecule has 0 saturated heterocycles. The summed E-state index contributed by atoms with van der Waals surface area (Å²) < 4.78 is 32.8. The van der Waals surface area contributed by atoms with Crippen LogP contribution in [0.4, 0.5) is 11.4 Å². The average Bonchev–Trinajstić information content (AvgIpc) is 2.93. The van der Waals surface area contributed by atoms with Crippen LogP contribution in [0.1, 0.15) is 10.6 Å². The Kier molecular flexibility index (Phi) is 4.30. The highest BCUT2D eigenvalue weighted by Gasteiger charge is 2.26. The monoisotopic (exact) mass is 395 g/mol. The van der Waals surface area contributed by atoms with E-state index in [2.05, 4.69) is 4.72 Å². The van der Waals surface area contributed by atoms with Gasteiger partial charge in [0.2, 0.25) is 5.76 Å². The van der Waals surface area contributed by atoms with Gasteiger partial charge >= 0.3 is 0 Å². The van der Waals surface area contributed by atoms with Crippen molar-refractivity contribution in [3.63, 3.8) is 0 Å². The summed E-state index contributed by atoms with van der Waals surface area (Å²) in [5.41, 5.74) is 4.78. The van der Waals surface area contributed by atoms with Crippen LogP contribution in [0.2, 0.25) is 5.02 Å². The Morgan fingerprint density at radius 1 is 1.23 bits per heavy atom. The quantitative estimate of drug-likeness (QED) is 0.501. The molecule has 26 heavy (non-hydrogen) atoms. The number of rotatable bonds is 5. The zero-order valence-corrected chi connectivity index (χ0v) is 14.4. The number of benzene rings is 2. The Hall–Kier alpha value is -3.11. The number of nitrogens with zero attached hydrogens (tertiary/aromatic N) is 1. The molecule has 0 radical (unpaired) electrons. The first-order valence-corrected chi connectivity index (χ1v) is 8.85. The molecule has 3 aromatic rings. The maximum atomic E-state index is 12.6. The van der Waals surface area contributed by atoms with Crippen LogP contribution >= 0.6 is 11.6 Å². The van der Waals surface area contributed by atoms with Crippen LogP contribution in [0.5, 0.6) is 0 Å². The van der Waals surface area contributed by atoms with Crippen molar-refractivity contribution in [3.05, 3.63) is 63.4 Å². The molecule has 0 bridgehead atoms. The second kappa shape index (κ2) is 6.32. The van der Waals surface area contributed by atoms with Gasteiger partial charge in [-0.25, -0.2) is 8.42 Å². The lowest BCUT2D eigenvalue weighted by Gasteiger charge is -2.08. The molecule has 1 amide bonds. The van der Waals surface area contributed by atoms with Crippen LogP contribution in [0.3, 0.4) is 0 Å². The van der Waals surface area contributed by atoms with E-state index in [-0.39, 0.29) is 22.1 Å². The molecule has 0 fully saturated rings. The summed E-state index contributed by atoms with van der Waals surface area (Å²) in [7, 11) is -4.28. The Labute approximate surface area is 151 Å². The lowest BCUT2D eigenvalue weighted by molar-refractivity contribution is -0.384. The van der Waals surface area contributed by atoms with Crippen LogP contribution in [0.25, 0.3) is 11.0 Å². The summed E-state index contributed by atoms with van der Waals surface area (Å²) in [5.74, 6) is -1.35. The molecular formula is C15H10ClN3O6S. The predicted molar refractivity (Wildman–Crippen MR) is 93.6 cm³/mol. The SMILES string of the molecule is NC(=O)c1oc2ccccc2c1NS(=O)(=O)c1ccc(Cl)c([N+](=O)[O-])c1. The van der Waals surface area contributed by atoms with Gasteiger partial charge in [-0.2, -0.15) is 0 Å². The molecule has 0 aliphatic heterocycles. The fourth-order valence-corrected chi connectivity index (χ4v) is 3.60. The molecule has 3 N–H and O–H groups in total. The molecule has 11 heteroatoms. The number of carbonyl (C=O) groups is 1. The van der Waals surface area contributed by atoms with Crippen LogP contribution < -0.4 is 10.5 Å². The minimum Gasteiger partial charge on any atom is -0.449 e. The van der Waals surface area contributed by atoms with Gasteiger partial charge < -0.3 is 10.2 Å². The fourth-order valence-electron chi connectivity index (χ4n) is 2.31. The van der Waals surface area contributed by atoms with Crippen LogP contribution in [0, 0.1) is 10.1 Å². The lowest BCUT2D eigenvalue weighted by Crippen LogP contribution is -2.17. The van der Waals surface area contributed by atoms with Gasteiger partial charge in [-0.1, -0.05) is 23.7 Å². The van der Waals surface area contributed by atoms with E-state index < -0.39 is 31.4 Å². The van der Waals surface area contributed by atoms with Gasteiger partial charge in [0.25, 0.3) is 21.6 Å². The smallest absolute Gasteiger partial charge is 0.289 e. The molecule has 9 nitrogen and oxygen atoms in total. The molecule has 0 aliphatic carbocycles. The molecule has 0 spiro atoms. The first kappa shape index (κ1) is 17.7. The van der Waals surface area contributed by atoms with Crippen molar-refractivity contribution in [1.29, 1.82) is 0 Å². The standard InChI is InChI=1S/C15H10ClN3O6S/c16-10-6-5-8(7-11(10)19(21)22)26(23,24)18-13-9-3-1-2-4-12(9)25-14(13)15(17)20/h1-7,18H,(H2,17,20). The minimum absolute atomic E-state index is 0.147. The first-order valence-electron chi connectivity index (χ1n) is 6.99. The van der Waals surface area contributed by atoms with Crippen molar-refractivity contribution in [2.75, 3.05) is 4.72 Å². The number of sulfonamides is 1. The number of fused-ring (bicyclic) bond motifs is 1. The minimum atomic E-state index is -4.28. The summed E-state index contributed by atoms with van der Waals surface area (Å²) in [6.45, 7) is 0. The summed E-state index contributed by atoms with van der Waals surface area (Å²) >= 11 is 5.70. The van der Waals surface area contributed by atoms with E-state index in [1.807, 2.05) is 0 Å². The lowest BCUT2D eigenvalue weighted by atomic mass is 10.2. The number of hydrogen-bond donors (Lipinski definition) is 2. The van der Waals surface area contributed by atoms with Gasteiger partial charge in [0, 0.05) is 11.5 Å². The molecule has 0 atom stereocenters. The fraction of sp³-hybridized carbons (Fsp3) is 0. The van der Waals surface area contributed by atoms with Gasteiger partial charge in [-0.05, 0) is 24.3 Å². The number of halogens is 1. The van der Waals surface area contributed by atoms with Crippen LogP contribution in [-0.2, 0) is 10.0 Å². The van der Waals surface area contributed by atoms with E-state index in [4.69, 9.17) is 21.8 Å². The van der Waals surface area contributed by atoms with Gasteiger partial charge in [0.05, 0.1) is 9.82 Å². The molecule has 0 saturated carbocycles. The number of para-hydroxylation sites is 1. The van der Waals surface area contributed by atoms with Gasteiger partial charge in [-0.15, -0.1) is 0 Å². The zero-order chi connectivity index (χ0) is 19.1. The number of hydrogen-bond acceptors (Lipinski definition) is 6. The van der Waals surface area contributed by atoms with E-state index in [1.165, 1.54) is 12.1 Å². The van der Waals surface area contributed by atoms with Gasteiger partial charge in [0.1, 0.15) is 16.3 Å². The normalized spacial score (nSPS) is 11.4. The van der Waals surface area contributed by atoms with Crippen molar-refractivity contribution in [3.8, 4) is 0 Å². The molecule has 0 aliphatic rings. The second-order valence-corrected chi connectivity index (χ2v) is 7.23. The number of carbonyl (C=O) groups excluding carboxylic acids is 1. The van der Waals surface area contributed by atoms with E-state index >= 15 is 0 Å². The topological polar surface area (TPSA) is 146 Å². The van der Waals surface area contributed by atoms with Crippen molar-refractivity contribution in [2.45, 2.75) is 4.90 Å². The number of anilines is 1. The summed E-state index contributed by atoms with van der Waals surface area (Å²) in [5, 5.41) is 11.1. The van der Waals surface area contributed by atoms with Crippen molar-refractivity contribution >= 4 is 49.9 Å². The van der Waals surface area contributed by atoms with E-state index in [9.17, 15) is 23.3 Å². The maximum Gasteiger partial charge on any atom is 0.289 e. The van der Waals surface area contributed by atoms with Crippen molar-refractivity contribution in [1.82, 2.24) is 0 Å². The van der Waals surface area contributed by atoms with E-state index in [1.54, 1.807) is 12.1 Å². The maximum absolute atomic E-state index is 12.6. The van der Waals surface area contributed by atoms with E-state index in [0.29, 0.717) is 5.39 Å². The zero-order valence-electron chi connectivity index (χ0n) is 12.8. The number of nitrogens with two attached hydrogens (primary N) is 1. The Morgan fingerprint density at radius 3 is 2.58 bits per heavy atom. The van der Waals surface area contributed by atoms with E-state index in [0.717, 1.165) is 18.2 Å². The third-order valence-corrected chi connectivity index (χ3v) is 5.15. The summed E-state index contributed by atoms with van der Waals surface area (Å²) in [6, 6.07) is 9.34. The average molecular weight is 396 g/mol. The third kappa shape index (κ3) is 3.07. The molecular weight excluding hydrogens is 386 g/mol.